The second kappa shape index (κ2) is 8.66. The number of ether oxygens (including phenoxy) is 2. The van der Waals surface area contributed by atoms with Crippen LogP contribution < -0.4 is 25.7 Å². The number of carbonyl (C=O) groups is 1. The van der Waals surface area contributed by atoms with E-state index < -0.39 is 11.6 Å². The Labute approximate surface area is 172 Å². The molecule has 150 valence electrons. The van der Waals surface area contributed by atoms with Gasteiger partial charge in [0.15, 0.2) is 11.5 Å². The zero-order valence-electron chi connectivity index (χ0n) is 16.0. The van der Waals surface area contributed by atoms with Crippen LogP contribution in [0, 0.1) is 6.92 Å². The number of aryl methyl sites for hydroxylation is 1. The molecule has 0 aliphatic rings. The molecule has 8 nitrogen and oxygen atoms in total. The molecule has 2 N–H and O–H groups in total. The van der Waals surface area contributed by atoms with Crippen LogP contribution in [0.4, 0.5) is 16.3 Å². The maximum absolute atomic E-state index is 12.8. The molecule has 0 spiro atoms. The third-order valence-electron chi connectivity index (χ3n) is 4.14. The number of nitrogens with one attached hydrogen (secondary N) is 2. The van der Waals surface area contributed by atoms with Gasteiger partial charge in [0.05, 0.1) is 19.9 Å². The van der Waals surface area contributed by atoms with Crippen molar-refractivity contribution >= 4 is 29.1 Å². The minimum absolute atomic E-state index is 0.121. The number of nitrogens with zero attached hydrogens (tertiary/aromatic N) is 2. The lowest BCUT2D eigenvalue weighted by molar-refractivity contribution is 0.262. The molecule has 0 unspecified atom stereocenters. The molecule has 2 aromatic carbocycles. The van der Waals surface area contributed by atoms with Crippen LogP contribution in [0.3, 0.4) is 0 Å². The van der Waals surface area contributed by atoms with Crippen molar-refractivity contribution in [3.8, 4) is 17.2 Å². The third kappa shape index (κ3) is 4.49. The van der Waals surface area contributed by atoms with Gasteiger partial charge in [-0.1, -0.05) is 17.7 Å². The van der Waals surface area contributed by atoms with Crippen LogP contribution in [0.5, 0.6) is 11.5 Å². The van der Waals surface area contributed by atoms with E-state index in [1.165, 1.54) is 31.2 Å². The van der Waals surface area contributed by atoms with Gasteiger partial charge >= 0.3 is 6.03 Å². The van der Waals surface area contributed by atoms with E-state index in [1.807, 2.05) is 6.92 Å². The van der Waals surface area contributed by atoms with Crippen molar-refractivity contribution < 1.29 is 14.3 Å². The van der Waals surface area contributed by atoms with Crippen LogP contribution in [0.25, 0.3) is 5.69 Å². The number of anilines is 2. The Bertz CT molecular complexity index is 1110. The highest BCUT2D eigenvalue weighted by atomic mass is 35.5. The number of urea groups is 1. The maximum atomic E-state index is 12.8. The van der Waals surface area contributed by atoms with Crippen LogP contribution in [-0.2, 0) is 0 Å². The zero-order valence-corrected chi connectivity index (χ0v) is 16.8. The molecule has 0 bridgehead atoms. The molecule has 3 aromatic rings. The minimum Gasteiger partial charge on any atom is -0.493 e. The number of hydrogen-bond acceptors (Lipinski definition) is 5. The van der Waals surface area contributed by atoms with Gasteiger partial charge in [0.1, 0.15) is 0 Å². The molecule has 0 saturated heterocycles. The average Bonchev–Trinajstić information content (AvgIpc) is 2.71. The second-order valence-corrected chi connectivity index (χ2v) is 6.47. The summed E-state index contributed by atoms with van der Waals surface area (Å²) in [5.74, 6) is 0.870. The van der Waals surface area contributed by atoms with Crippen molar-refractivity contribution in [2.75, 3.05) is 24.9 Å². The predicted octanol–water partition coefficient (Wildman–Crippen LogP) is 3.86. The molecule has 0 aliphatic heterocycles. The first-order chi connectivity index (χ1) is 13.9. The van der Waals surface area contributed by atoms with E-state index in [-0.39, 0.29) is 5.82 Å². The standard InChI is InChI=1S/C20H19ClN4O4/c1-12-4-5-13(21)10-15(12)25-9-8-22-18(19(25)26)24-20(27)23-14-6-7-16(28-2)17(11-14)29-3/h4-11H,1-3H3,(H2,22,23,24,27). The molecule has 1 heterocycles. The SMILES string of the molecule is COc1ccc(NC(=O)Nc2nccn(-c3cc(Cl)ccc3C)c2=O)cc1OC. The molecule has 0 saturated carbocycles. The number of hydrogen-bond donors (Lipinski definition) is 2. The smallest absolute Gasteiger partial charge is 0.325 e. The zero-order chi connectivity index (χ0) is 21.0. The number of aromatic nitrogens is 2. The highest BCUT2D eigenvalue weighted by molar-refractivity contribution is 6.30. The Balaban J connectivity index is 1.83. The molecule has 3 rings (SSSR count). The van der Waals surface area contributed by atoms with Crippen LogP contribution in [0.15, 0.2) is 53.6 Å². The summed E-state index contributed by atoms with van der Waals surface area (Å²) < 4.78 is 11.7. The van der Waals surface area contributed by atoms with Crippen molar-refractivity contribution in [3.63, 3.8) is 0 Å². The van der Waals surface area contributed by atoms with Gasteiger partial charge in [-0.15, -0.1) is 0 Å². The molecule has 2 amide bonds. The Kier molecular flexibility index (Phi) is 6.04. The number of benzene rings is 2. The summed E-state index contributed by atoms with van der Waals surface area (Å²) in [6.45, 7) is 1.86. The lowest BCUT2D eigenvalue weighted by atomic mass is 10.2. The fourth-order valence-electron chi connectivity index (χ4n) is 2.71. The summed E-state index contributed by atoms with van der Waals surface area (Å²) in [4.78, 5) is 29.1. The quantitative estimate of drug-likeness (QED) is 0.661. The average molecular weight is 415 g/mol. The van der Waals surface area contributed by atoms with E-state index in [0.717, 1.165) is 5.56 Å². The van der Waals surface area contributed by atoms with E-state index in [2.05, 4.69) is 15.6 Å². The normalized spacial score (nSPS) is 10.3. The summed E-state index contributed by atoms with van der Waals surface area (Å²) in [6.07, 6.45) is 2.94. The highest BCUT2D eigenvalue weighted by Crippen LogP contribution is 2.29. The highest BCUT2D eigenvalue weighted by Gasteiger charge is 2.13. The van der Waals surface area contributed by atoms with E-state index >= 15 is 0 Å². The Hall–Kier alpha value is -3.52. The largest absolute Gasteiger partial charge is 0.493 e. The Morgan fingerprint density at radius 3 is 2.55 bits per heavy atom. The predicted molar refractivity (Wildman–Crippen MR) is 112 cm³/mol. The summed E-state index contributed by atoms with van der Waals surface area (Å²) >= 11 is 6.05. The lowest BCUT2D eigenvalue weighted by Gasteiger charge is -2.12. The van der Waals surface area contributed by atoms with Crippen molar-refractivity contribution in [2.45, 2.75) is 6.92 Å². The van der Waals surface area contributed by atoms with Gasteiger partial charge in [-0.25, -0.2) is 9.78 Å². The number of methoxy groups -OCH3 is 2. The number of rotatable bonds is 5. The van der Waals surface area contributed by atoms with Gasteiger partial charge in [-0.2, -0.15) is 0 Å². The minimum atomic E-state index is -0.623. The number of halogens is 1. The number of amides is 2. The molecule has 1 aromatic heterocycles. The molecule has 0 radical (unpaired) electrons. The molecule has 0 aliphatic carbocycles. The van der Waals surface area contributed by atoms with Gasteiger partial charge in [0.25, 0.3) is 5.56 Å². The van der Waals surface area contributed by atoms with Crippen LogP contribution in [0.1, 0.15) is 5.56 Å². The Morgan fingerprint density at radius 1 is 1.07 bits per heavy atom. The monoisotopic (exact) mass is 414 g/mol. The van der Waals surface area contributed by atoms with Crippen molar-refractivity contribution in [2.24, 2.45) is 0 Å². The van der Waals surface area contributed by atoms with Crippen molar-refractivity contribution in [1.82, 2.24) is 9.55 Å². The van der Waals surface area contributed by atoms with Crippen LogP contribution in [0.2, 0.25) is 5.02 Å². The second-order valence-electron chi connectivity index (χ2n) is 6.03. The number of carbonyl (C=O) groups excluding carboxylic acids is 1. The van der Waals surface area contributed by atoms with Gasteiger partial charge in [-0.3, -0.25) is 14.7 Å². The van der Waals surface area contributed by atoms with Gasteiger partial charge < -0.3 is 14.8 Å². The van der Waals surface area contributed by atoms with E-state index in [4.69, 9.17) is 21.1 Å². The summed E-state index contributed by atoms with van der Waals surface area (Å²) in [5.41, 5.74) is 1.43. The van der Waals surface area contributed by atoms with Crippen molar-refractivity contribution in [1.29, 1.82) is 0 Å². The molecular formula is C20H19ClN4O4. The van der Waals surface area contributed by atoms with Gasteiger partial charge in [-0.05, 0) is 36.8 Å². The van der Waals surface area contributed by atoms with Crippen LogP contribution >= 0.6 is 11.6 Å². The fraction of sp³-hybridized carbons (Fsp3) is 0.150. The first kappa shape index (κ1) is 20.2. The maximum Gasteiger partial charge on any atom is 0.325 e. The van der Waals surface area contributed by atoms with Gasteiger partial charge in [0, 0.05) is 29.2 Å². The van der Waals surface area contributed by atoms with E-state index in [1.54, 1.807) is 36.4 Å². The van der Waals surface area contributed by atoms with Crippen LogP contribution in [-0.4, -0.2) is 29.8 Å². The molecule has 9 heteroatoms. The first-order valence-electron chi connectivity index (χ1n) is 8.57. The van der Waals surface area contributed by atoms with E-state index in [0.29, 0.717) is 27.9 Å². The fourth-order valence-corrected chi connectivity index (χ4v) is 2.88. The summed E-state index contributed by atoms with van der Waals surface area (Å²) in [5, 5.41) is 5.59. The Morgan fingerprint density at radius 2 is 1.83 bits per heavy atom. The molecule has 0 atom stereocenters. The lowest BCUT2D eigenvalue weighted by Crippen LogP contribution is -2.28. The third-order valence-corrected chi connectivity index (χ3v) is 4.38. The molecular weight excluding hydrogens is 396 g/mol. The molecule has 29 heavy (non-hydrogen) atoms. The first-order valence-corrected chi connectivity index (χ1v) is 8.95. The topological polar surface area (TPSA) is 94.5 Å². The molecule has 0 fully saturated rings. The van der Waals surface area contributed by atoms with E-state index in [9.17, 15) is 9.59 Å². The van der Waals surface area contributed by atoms with Crippen molar-refractivity contribution in [3.05, 3.63) is 69.7 Å². The summed E-state index contributed by atoms with van der Waals surface area (Å²) in [7, 11) is 3.02. The van der Waals surface area contributed by atoms with Gasteiger partial charge in [0.2, 0.25) is 5.82 Å². The summed E-state index contributed by atoms with van der Waals surface area (Å²) in [6, 6.07) is 9.50.